The molecule has 5 rings (SSSR count). The van der Waals surface area contributed by atoms with Gasteiger partial charge in [-0.15, -0.1) is 0 Å². The van der Waals surface area contributed by atoms with E-state index in [0.29, 0.717) is 5.69 Å². The first kappa shape index (κ1) is 21.0. The predicted octanol–water partition coefficient (Wildman–Crippen LogP) is 3.85. The fraction of sp³-hybridized carbons (Fsp3) is 0.269. The molecule has 3 aromatic heterocycles. The number of aromatic nitrogens is 3. The number of carbonyl (C=O) groups is 1. The first-order valence-electron chi connectivity index (χ1n) is 11.3. The summed E-state index contributed by atoms with van der Waals surface area (Å²) in [7, 11) is 0. The Labute approximate surface area is 193 Å². The third-order valence-electron chi connectivity index (χ3n) is 6.23. The summed E-state index contributed by atoms with van der Waals surface area (Å²) in [6, 6.07) is 18.4. The van der Waals surface area contributed by atoms with E-state index in [0.717, 1.165) is 54.6 Å². The molecule has 0 spiro atoms. The molecule has 0 unspecified atom stereocenters. The number of hydrogen-bond acceptors (Lipinski definition) is 5. The Morgan fingerprint density at radius 3 is 2.42 bits per heavy atom. The minimum absolute atomic E-state index is 0.0765. The van der Waals surface area contributed by atoms with Gasteiger partial charge in [-0.25, -0.2) is 9.97 Å². The highest BCUT2D eigenvalue weighted by molar-refractivity contribution is 5.92. The highest BCUT2D eigenvalue weighted by Gasteiger charge is 2.19. The van der Waals surface area contributed by atoms with E-state index in [9.17, 15) is 4.79 Å². The lowest BCUT2D eigenvalue weighted by Crippen LogP contribution is -2.46. The molecule has 0 bridgehead atoms. The second-order valence-electron chi connectivity index (χ2n) is 8.47. The van der Waals surface area contributed by atoms with E-state index in [1.165, 1.54) is 5.69 Å². The van der Waals surface area contributed by atoms with Gasteiger partial charge in [-0.3, -0.25) is 4.79 Å². The monoisotopic (exact) mass is 440 g/mol. The molecule has 168 valence electrons. The lowest BCUT2D eigenvalue weighted by Gasteiger charge is -2.36. The smallest absolute Gasteiger partial charge is 0.230 e. The number of aryl methyl sites for hydroxylation is 2. The number of piperazine rings is 1. The van der Waals surface area contributed by atoms with Gasteiger partial charge in [0.1, 0.15) is 11.5 Å². The Balaban J connectivity index is 1.20. The number of carbonyl (C=O) groups excluding carboxylic acids is 1. The van der Waals surface area contributed by atoms with Crippen LogP contribution >= 0.6 is 0 Å². The standard InChI is InChI=1S/C26H28N6O/c1-19-7-6-12-32-23(20(2)28-26(19)32)17-25(33)29-21-10-11-24(27-18-21)31-15-13-30(14-16-31)22-8-4-3-5-9-22/h3-12,18H,13-17H2,1-2H3,(H,29,33). The molecule has 0 aliphatic carbocycles. The van der Waals surface area contributed by atoms with Gasteiger partial charge in [0.05, 0.1) is 29.7 Å². The summed E-state index contributed by atoms with van der Waals surface area (Å²) in [4.78, 5) is 26.6. The molecule has 0 radical (unpaired) electrons. The van der Waals surface area contributed by atoms with Crippen molar-refractivity contribution in [1.29, 1.82) is 0 Å². The largest absolute Gasteiger partial charge is 0.368 e. The molecule has 1 aliphatic heterocycles. The van der Waals surface area contributed by atoms with E-state index in [1.54, 1.807) is 6.20 Å². The highest BCUT2D eigenvalue weighted by Crippen LogP contribution is 2.21. The van der Waals surface area contributed by atoms with E-state index in [-0.39, 0.29) is 12.3 Å². The molecule has 1 amide bonds. The van der Waals surface area contributed by atoms with Crippen LogP contribution in [0.3, 0.4) is 0 Å². The van der Waals surface area contributed by atoms with E-state index in [1.807, 2.05) is 54.8 Å². The summed E-state index contributed by atoms with van der Waals surface area (Å²) in [6.45, 7) is 7.73. The molecule has 33 heavy (non-hydrogen) atoms. The summed E-state index contributed by atoms with van der Waals surface area (Å²) in [5.41, 5.74) is 5.75. The average molecular weight is 441 g/mol. The normalized spacial score (nSPS) is 14.0. The quantitative estimate of drug-likeness (QED) is 0.511. The molecule has 7 heteroatoms. The van der Waals surface area contributed by atoms with Gasteiger partial charge in [0.15, 0.2) is 0 Å². The summed E-state index contributed by atoms with van der Waals surface area (Å²) < 4.78 is 2.00. The van der Waals surface area contributed by atoms with E-state index >= 15 is 0 Å². The first-order valence-corrected chi connectivity index (χ1v) is 11.3. The topological polar surface area (TPSA) is 65.8 Å². The summed E-state index contributed by atoms with van der Waals surface area (Å²) in [5, 5.41) is 2.98. The third kappa shape index (κ3) is 4.39. The van der Waals surface area contributed by atoms with Gasteiger partial charge in [-0.05, 0) is 49.7 Å². The molecule has 1 N–H and O–H groups in total. The van der Waals surface area contributed by atoms with Crippen molar-refractivity contribution in [2.24, 2.45) is 0 Å². The molecular weight excluding hydrogens is 412 g/mol. The Hall–Kier alpha value is -3.87. The van der Waals surface area contributed by atoms with Gasteiger partial charge in [-0.2, -0.15) is 0 Å². The zero-order valence-electron chi connectivity index (χ0n) is 19.0. The number of imidazole rings is 1. The number of hydrogen-bond donors (Lipinski definition) is 1. The van der Waals surface area contributed by atoms with Crippen LogP contribution < -0.4 is 15.1 Å². The number of amides is 1. The van der Waals surface area contributed by atoms with E-state index in [2.05, 4.69) is 49.4 Å². The molecule has 0 saturated carbocycles. The number of fused-ring (bicyclic) bond motifs is 1. The van der Waals surface area contributed by atoms with Crippen LogP contribution in [-0.2, 0) is 11.2 Å². The Morgan fingerprint density at radius 2 is 1.70 bits per heavy atom. The second-order valence-corrected chi connectivity index (χ2v) is 8.47. The van der Waals surface area contributed by atoms with Crippen LogP contribution in [0.1, 0.15) is 17.0 Å². The van der Waals surface area contributed by atoms with Crippen molar-refractivity contribution >= 4 is 28.7 Å². The number of para-hydroxylation sites is 1. The minimum atomic E-state index is -0.0765. The molecule has 4 heterocycles. The number of pyridine rings is 2. The zero-order valence-corrected chi connectivity index (χ0v) is 19.0. The molecule has 0 atom stereocenters. The third-order valence-corrected chi connectivity index (χ3v) is 6.23. The van der Waals surface area contributed by atoms with Crippen molar-refractivity contribution in [1.82, 2.24) is 14.4 Å². The highest BCUT2D eigenvalue weighted by atomic mass is 16.1. The number of nitrogens with zero attached hydrogens (tertiary/aromatic N) is 5. The van der Waals surface area contributed by atoms with Crippen molar-refractivity contribution in [3.05, 3.63) is 83.9 Å². The summed E-state index contributed by atoms with van der Waals surface area (Å²) >= 11 is 0. The van der Waals surface area contributed by atoms with Crippen LogP contribution in [0, 0.1) is 13.8 Å². The van der Waals surface area contributed by atoms with Crippen LogP contribution in [0.4, 0.5) is 17.2 Å². The van der Waals surface area contributed by atoms with Crippen LogP contribution in [0.25, 0.3) is 5.65 Å². The van der Waals surface area contributed by atoms with E-state index < -0.39 is 0 Å². The van der Waals surface area contributed by atoms with Gasteiger partial charge in [0.2, 0.25) is 5.91 Å². The molecule has 1 aliphatic rings. The van der Waals surface area contributed by atoms with Gasteiger partial charge >= 0.3 is 0 Å². The summed E-state index contributed by atoms with van der Waals surface area (Å²) in [6.07, 6.45) is 3.96. The van der Waals surface area contributed by atoms with Gasteiger partial charge in [-0.1, -0.05) is 24.3 Å². The van der Waals surface area contributed by atoms with Crippen molar-refractivity contribution in [2.45, 2.75) is 20.3 Å². The number of benzene rings is 1. The van der Waals surface area contributed by atoms with Crippen molar-refractivity contribution < 1.29 is 4.79 Å². The maximum absolute atomic E-state index is 12.7. The molecule has 1 aromatic carbocycles. The maximum Gasteiger partial charge on any atom is 0.230 e. The van der Waals surface area contributed by atoms with Crippen molar-refractivity contribution in [3.63, 3.8) is 0 Å². The molecule has 4 aromatic rings. The molecule has 1 fully saturated rings. The van der Waals surface area contributed by atoms with Crippen LogP contribution in [0.15, 0.2) is 67.0 Å². The lowest BCUT2D eigenvalue weighted by molar-refractivity contribution is -0.115. The van der Waals surface area contributed by atoms with Gasteiger partial charge < -0.3 is 19.5 Å². The van der Waals surface area contributed by atoms with Crippen LogP contribution in [0.5, 0.6) is 0 Å². The number of nitrogens with one attached hydrogen (secondary N) is 1. The number of anilines is 3. The zero-order chi connectivity index (χ0) is 22.8. The Morgan fingerprint density at radius 1 is 0.939 bits per heavy atom. The average Bonchev–Trinajstić information content (AvgIpc) is 3.16. The fourth-order valence-corrected chi connectivity index (χ4v) is 4.42. The number of rotatable bonds is 5. The van der Waals surface area contributed by atoms with Crippen molar-refractivity contribution in [3.8, 4) is 0 Å². The van der Waals surface area contributed by atoms with E-state index in [4.69, 9.17) is 0 Å². The van der Waals surface area contributed by atoms with Crippen molar-refractivity contribution in [2.75, 3.05) is 41.3 Å². The SMILES string of the molecule is Cc1nc2c(C)cccn2c1CC(=O)Nc1ccc(N2CCN(c3ccccc3)CC2)nc1. The Kier molecular flexibility index (Phi) is 5.69. The minimum Gasteiger partial charge on any atom is -0.368 e. The lowest BCUT2D eigenvalue weighted by atomic mass is 10.2. The summed E-state index contributed by atoms with van der Waals surface area (Å²) in [5.74, 6) is 0.862. The first-order chi connectivity index (χ1) is 16.1. The van der Waals surface area contributed by atoms with Gasteiger partial charge in [0.25, 0.3) is 0 Å². The fourth-order valence-electron chi connectivity index (χ4n) is 4.42. The Bertz CT molecular complexity index is 1260. The molecular formula is C26H28N6O. The van der Waals surface area contributed by atoms with Crippen LogP contribution in [0.2, 0.25) is 0 Å². The molecule has 1 saturated heterocycles. The second kappa shape index (κ2) is 8.94. The van der Waals surface area contributed by atoms with Gasteiger partial charge in [0, 0.05) is 38.1 Å². The predicted molar refractivity (Wildman–Crippen MR) is 132 cm³/mol. The maximum atomic E-state index is 12.7. The van der Waals surface area contributed by atoms with Crippen LogP contribution in [-0.4, -0.2) is 46.5 Å². The molecule has 7 nitrogen and oxygen atoms in total.